The second-order valence-corrected chi connectivity index (χ2v) is 8.69. The van der Waals surface area contributed by atoms with Crippen LogP contribution in [0.25, 0.3) is 10.9 Å². The first-order chi connectivity index (χ1) is 17.5. The Hall–Kier alpha value is -3.48. The van der Waals surface area contributed by atoms with Gasteiger partial charge in [-0.2, -0.15) is 0 Å². The van der Waals surface area contributed by atoms with Gasteiger partial charge in [-0.15, -0.1) is 0 Å². The van der Waals surface area contributed by atoms with Gasteiger partial charge in [-0.25, -0.2) is 9.98 Å². The number of hydrogen-bond donors (Lipinski definition) is 1. The smallest absolute Gasteiger partial charge is 0.164 e. The molecule has 3 aromatic carbocycles. The lowest BCUT2D eigenvalue weighted by atomic mass is 10.2. The fourth-order valence-corrected chi connectivity index (χ4v) is 4.14. The summed E-state index contributed by atoms with van der Waals surface area (Å²) in [6.07, 6.45) is 0. The van der Waals surface area contributed by atoms with Crippen molar-refractivity contribution in [1.29, 1.82) is 0 Å². The number of hydrogen-bond acceptors (Lipinski definition) is 5. The normalized spacial score (nSPS) is 11.4. The third-order valence-electron chi connectivity index (χ3n) is 5.20. The van der Waals surface area contributed by atoms with Crippen molar-refractivity contribution in [3.63, 3.8) is 0 Å². The van der Waals surface area contributed by atoms with Crippen LogP contribution in [0.15, 0.2) is 71.7 Å². The molecule has 0 amide bonds. The molecular formula is C28H27Cl2N3O3. The van der Waals surface area contributed by atoms with Crippen LogP contribution in [-0.4, -0.2) is 30.6 Å². The molecule has 36 heavy (non-hydrogen) atoms. The molecule has 0 spiro atoms. The van der Waals surface area contributed by atoms with Crippen LogP contribution in [-0.2, 0) is 0 Å². The number of aromatic nitrogens is 1. The van der Waals surface area contributed by atoms with E-state index in [4.69, 9.17) is 42.4 Å². The number of amidine groups is 1. The van der Waals surface area contributed by atoms with Gasteiger partial charge >= 0.3 is 0 Å². The number of aryl methyl sites for hydroxylation is 1. The molecule has 1 aromatic heterocycles. The highest BCUT2D eigenvalue weighted by Crippen LogP contribution is 2.37. The van der Waals surface area contributed by atoms with Gasteiger partial charge in [0.25, 0.3) is 0 Å². The SMILES string of the molecule is CCOc1ccc(N=C(COc2c(Cl)cc(Cl)c3ccc(C)nc23)Nc2ccc(OCC)cc2)cc1. The van der Waals surface area contributed by atoms with E-state index >= 15 is 0 Å². The molecule has 0 atom stereocenters. The van der Waals surface area contributed by atoms with E-state index in [9.17, 15) is 0 Å². The highest BCUT2D eigenvalue weighted by atomic mass is 35.5. The molecule has 0 saturated heterocycles. The van der Waals surface area contributed by atoms with Gasteiger partial charge in [0.1, 0.15) is 29.5 Å². The van der Waals surface area contributed by atoms with E-state index in [0.717, 1.165) is 34.0 Å². The Labute approximate surface area is 220 Å². The Morgan fingerprint density at radius 2 is 1.47 bits per heavy atom. The molecule has 0 aliphatic rings. The molecule has 0 fully saturated rings. The van der Waals surface area contributed by atoms with E-state index in [2.05, 4.69) is 10.3 Å². The van der Waals surface area contributed by atoms with E-state index in [-0.39, 0.29) is 6.61 Å². The lowest BCUT2D eigenvalue weighted by Gasteiger charge is -2.15. The first-order valence-electron chi connectivity index (χ1n) is 11.6. The molecular weight excluding hydrogens is 497 g/mol. The van der Waals surface area contributed by atoms with Crippen molar-refractivity contribution in [3.8, 4) is 17.2 Å². The lowest BCUT2D eigenvalue weighted by Crippen LogP contribution is -2.21. The maximum absolute atomic E-state index is 6.52. The minimum Gasteiger partial charge on any atom is -0.494 e. The number of pyridine rings is 1. The summed E-state index contributed by atoms with van der Waals surface area (Å²) in [4.78, 5) is 9.39. The van der Waals surface area contributed by atoms with Gasteiger partial charge in [-0.3, -0.25) is 0 Å². The fourth-order valence-electron chi connectivity index (χ4n) is 3.57. The van der Waals surface area contributed by atoms with E-state index in [0.29, 0.717) is 40.4 Å². The Balaban J connectivity index is 1.64. The second kappa shape index (κ2) is 12.0. The topological polar surface area (TPSA) is 65.0 Å². The van der Waals surface area contributed by atoms with Crippen molar-refractivity contribution in [1.82, 2.24) is 4.98 Å². The zero-order valence-corrected chi connectivity index (χ0v) is 21.9. The molecule has 0 aliphatic heterocycles. The Kier molecular flexibility index (Phi) is 8.52. The van der Waals surface area contributed by atoms with Crippen molar-refractivity contribution in [3.05, 3.63) is 82.5 Å². The molecule has 8 heteroatoms. The van der Waals surface area contributed by atoms with Crippen molar-refractivity contribution >= 4 is 51.3 Å². The molecule has 0 bridgehead atoms. The minimum atomic E-state index is 0.118. The monoisotopic (exact) mass is 523 g/mol. The van der Waals surface area contributed by atoms with Crippen molar-refractivity contribution in [2.24, 2.45) is 4.99 Å². The van der Waals surface area contributed by atoms with Gasteiger partial charge in [-0.1, -0.05) is 23.2 Å². The summed E-state index contributed by atoms with van der Waals surface area (Å²) in [6, 6.07) is 20.7. The van der Waals surface area contributed by atoms with Gasteiger partial charge < -0.3 is 19.5 Å². The minimum absolute atomic E-state index is 0.118. The summed E-state index contributed by atoms with van der Waals surface area (Å²) in [5, 5.41) is 5.02. The number of nitrogens with zero attached hydrogens (tertiary/aromatic N) is 2. The summed E-state index contributed by atoms with van der Waals surface area (Å²) < 4.78 is 17.3. The van der Waals surface area contributed by atoms with Gasteiger partial charge in [0.05, 0.1) is 28.9 Å². The predicted molar refractivity (Wildman–Crippen MR) is 148 cm³/mol. The lowest BCUT2D eigenvalue weighted by molar-refractivity contribution is 0.340. The van der Waals surface area contributed by atoms with Crippen LogP contribution in [0.5, 0.6) is 17.2 Å². The molecule has 0 aliphatic carbocycles. The molecule has 4 rings (SSSR count). The molecule has 1 heterocycles. The number of benzene rings is 3. The van der Waals surface area contributed by atoms with Crippen LogP contribution in [0.2, 0.25) is 10.0 Å². The molecule has 186 valence electrons. The van der Waals surface area contributed by atoms with Crippen LogP contribution in [0.3, 0.4) is 0 Å². The van der Waals surface area contributed by atoms with Gasteiger partial charge in [-0.05, 0) is 87.5 Å². The first kappa shape index (κ1) is 25.6. The van der Waals surface area contributed by atoms with Gasteiger partial charge in [0.15, 0.2) is 5.75 Å². The number of anilines is 1. The third-order valence-corrected chi connectivity index (χ3v) is 5.79. The maximum atomic E-state index is 6.52. The Morgan fingerprint density at radius 3 is 2.11 bits per heavy atom. The summed E-state index contributed by atoms with van der Waals surface area (Å²) in [7, 11) is 0. The number of rotatable bonds is 9. The molecule has 0 radical (unpaired) electrons. The number of halogens is 2. The van der Waals surface area contributed by atoms with Crippen LogP contribution in [0.4, 0.5) is 11.4 Å². The highest BCUT2D eigenvalue weighted by molar-refractivity contribution is 6.39. The van der Waals surface area contributed by atoms with Crippen LogP contribution >= 0.6 is 23.2 Å². The van der Waals surface area contributed by atoms with Crippen molar-refractivity contribution < 1.29 is 14.2 Å². The second-order valence-electron chi connectivity index (χ2n) is 7.87. The zero-order chi connectivity index (χ0) is 25.5. The van der Waals surface area contributed by atoms with Crippen LogP contribution in [0, 0.1) is 6.92 Å². The molecule has 0 saturated carbocycles. The average Bonchev–Trinajstić information content (AvgIpc) is 2.86. The van der Waals surface area contributed by atoms with Gasteiger partial charge in [0, 0.05) is 16.8 Å². The number of aliphatic imine (C=N–C) groups is 1. The number of fused-ring (bicyclic) bond motifs is 1. The summed E-state index contributed by atoms with van der Waals surface area (Å²) in [5.41, 5.74) is 3.03. The quantitative estimate of drug-likeness (QED) is 0.178. The summed E-state index contributed by atoms with van der Waals surface area (Å²) in [5.74, 6) is 2.61. The standard InChI is InChI=1S/C28H27Cl2N3O3/c1-4-34-21-11-7-19(8-12-21)32-26(33-20-9-13-22(14-10-20)35-5-2)17-36-28-25(30)16-24(29)23-15-6-18(3)31-27(23)28/h6-16H,4-5,17H2,1-3H3,(H,32,33). The Bertz CT molecular complexity index is 1360. The van der Waals surface area contributed by atoms with E-state index < -0.39 is 0 Å². The fraction of sp³-hybridized carbons (Fsp3) is 0.214. The highest BCUT2D eigenvalue weighted by Gasteiger charge is 2.15. The molecule has 6 nitrogen and oxygen atoms in total. The molecule has 1 N–H and O–H groups in total. The largest absolute Gasteiger partial charge is 0.494 e. The van der Waals surface area contributed by atoms with Crippen molar-refractivity contribution in [2.75, 3.05) is 25.1 Å². The predicted octanol–water partition coefficient (Wildman–Crippen LogP) is 7.87. The van der Waals surface area contributed by atoms with Crippen LogP contribution in [0.1, 0.15) is 19.5 Å². The first-order valence-corrected chi connectivity index (χ1v) is 12.4. The average molecular weight is 524 g/mol. The van der Waals surface area contributed by atoms with E-state index in [1.54, 1.807) is 6.07 Å². The molecule has 4 aromatic rings. The number of ether oxygens (including phenoxy) is 3. The third kappa shape index (κ3) is 6.39. The molecule has 0 unspecified atom stereocenters. The zero-order valence-electron chi connectivity index (χ0n) is 20.3. The maximum Gasteiger partial charge on any atom is 0.164 e. The summed E-state index contributed by atoms with van der Waals surface area (Å²) >= 11 is 12.9. The Morgan fingerprint density at radius 1 is 0.833 bits per heavy atom. The van der Waals surface area contributed by atoms with E-state index in [1.807, 2.05) is 81.4 Å². The van der Waals surface area contributed by atoms with Crippen molar-refractivity contribution in [2.45, 2.75) is 20.8 Å². The summed E-state index contributed by atoms with van der Waals surface area (Å²) in [6.45, 7) is 7.13. The van der Waals surface area contributed by atoms with Crippen LogP contribution < -0.4 is 19.5 Å². The van der Waals surface area contributed by atoms with E-state index in [1.165, 1.54) is 0 Å². The van der Waals surface area contributed by atoms with Gasteiger partial charge in [0.2, 0.25) is 0 Å². The number of nitrogens with one attached hydrogen (secondary N) is 1.